The van der Waals surface area contributed by atoms with Gasteiger partial charge in [0.05, 0.1) is 0 Å². The molecule has 0 atom stereocenters. The van der Waals surface area contributed by atoms with Crippen molar-refractivity contribution in [2.45, 2.75) is 0 Å². The van der Waals surface area contributed by atoms with Crippen LogP contribution in [-0.4, -0.2) is 15.0 Å². The Hall–Kier alpha value is -8.79. The molecule has 0 fully saturated rings. The van der Waals surface area contributed by atoms with E-state index in [2.05, 4.69) is 249 Å². The lowest BCUT2D eigenvalue weighted by molar-refractivity contribution is 1.07. The molecule has 11 aromatic carbocycles. The SMILES string of the molecule is c1ccc(-c2ccc3c(-c4ccc(-c5nc(-c6cccc(-c7cccc8ccccc78)c6)nc(-c6cccc(-c7ccc(-c8ccccc8)c8ccccc78)c6)n5)cc4)cccc3c2)cc1. The minimum atomic E-state index is 0.616. The van der Waals surface area contributed by atoms with Gasteiger partial charge in [-0.05, 0) is 106 Å². The van der Waals surface area contributed by atoms with Gasteiger partial charge in [0.2, 0.25) is 0 Å². The van der Waals surface area contributed by atoms with Crippen LogP contribution in [0.3, 0.4) is 0 Å². The number of aromatic nitrogens is 3. The molecule has 0 bridgehead atoms. The van der Waals surface area contributed by atoms with Gasteiger partial charge in [-0.25, -0.2) is 15.0 Å². The highest BCUT2D eigenvalue weighted by molar-refractivity contribution is 6.05. The summed E-state index contributed by atoms with van der Waals surface area (Å²) >= 11 is 0. The third kappa shape index (κ3) is 7.29. The van der Waals surface area contributed by atoms with Gasteiger partial charge in [-0.2, -0.15) is 0 Å². The van der Waals surface area contributed by atoms with Crippen LogP contribution in [0.25, 0.3) is 122 Å². The van der Waals surface area contributed by atoms with Gasteiger partial charge in [0, 0.05) is 16.7 Å². The first-order valence-corrected chi connectivity index (χ1v) is 22.4. The summed E-state index contributed by atoms with van der Waals surface area (Å²) in [7, 11) is 0. The Labute approximate surface area is 384 Å². The van der Waals surface area contributed by atoms with Gasteiger partial charge in [0.25, 0.3) is 0 Å². The van der Waals surface area contributed by atoms with Gasteiger partial charge in [-0.15, -0.1) is 0 Å². The summed E-state index contributed by atoms with van der Waals surface area (Å²) in [4.78, 5) is 15.7. The Balaban J connectivity index is 0.967. The lowest BCUT2D eigenvalue weighted by atomic mass is 9.91. The van der Waals surface area contributed by atoms with Crippen LogP contribution in [0.4, 0.5) is 0 Å². The van der Waals surface area contributed by atoms with E-state index in [0.717, 1.165) is 38.9 Å². The third-order valence-corrected chi connectivity index (χ3v) is 12.7. The molecule has 66 heavy (non-hydrogen) atoms. The second-order valence-corrected chi connectivity index (χ2v) is 16.8. The Bertz CT molecular complexity index is 3740. The first-order chi connectivity index (χ1) is 32.7. The number of rotatable bonds is 8. The smallest absolute Gasteiger partial charge is 0.164 e. The van der Waals surface area contributed by atoms with Crippen LogP contribution in [0, 0.1) is 0 Å². The third-order valence-electron chi connectivity index (χ3n) is 12.7. The topological polar surface area (TPSA) is 38.7 Å². The minimum absolute atomic E-state index is 0.616. The Kier molecular flexibility index (Phi) is 9.85. The van der Waals surface area contributed by atoms with E-state index in [1.807, 2.05) is 0 Å². The lowest BCUT2D eigenvalue weighted by Crippen LogP contribution is -2.00. The highest BCUT2D eigenvalue weighted by Crippen LogP contribution is 2.38. The molecule has 0 saturated carbocycles. The number of hydrogen-bond acceptors (Lipinski definition) is 3. The molecule has 0 aliphatic heterocycles. The van der Waals surface area contributed by atoms with Crippen molar-refractivity contribution in [3.8, 4) is 89.8 Å². The summed E-state index contributed by atoms with van der Waals surface area (Å²) in [5, 5.41) is 7.24. The molecule has 308 valence electrons. The summed E-state index contributed by atoms with van der Waals surface area (Å²) < 4.78 is 0. The van der Waals surface area contributed by atoms with Crippen molar-refractivity contribution in [1.82, 2.24) is 15.0 Å². The molecule has 3 heteroatoms. The van der Waals surface area contributed by atoms with Crippen LogP contribution in [0.5, 0.6) is 0 Å². The maximum Gasteiger partial charge on any atom is 0.164 e. The molecule has 0 aliphatic rings. The van der Waals surface area contributed by atoms with E-state index >= 15 is 0 Å². The van der Waals surface area contributed by atoms with Crippen molar-refractivity contribution in [2.24, 2.45) is 0 Å². The zero-order chi connectivity index (χ0) is 43.8. The van der Waals surface area contributed by atoms with Gasteiger partial charge < -0.3 is 0 Å². The molecule has 0 aliphatic carbocycles. The van der Waals surface area contributed by atoms with Crippen molar-refractivity contribution >= 4 is 32.3 Å². The molecule has 3 nitrogen and oxygen atoms in total. The molecule has 0 radical (unpaired) electrons. The van der Waals surface area contributed by atoms with Gasteiger partial charge >= 0.3 is 0 Å². The fraction of sp³-hybridized carbons (Fsp3) is 0. The summed E-state index contributed by atoms with van der Waals surface area (Å²) in [6, 6.07) is 88.4. The maximum atomic E-state index is 5.25. The van der Waals surface area contributed by atoms with Crippen molar-refractivity contribution in [3.63, 3.8) is 0 Å². The lowest BCUT2D eigenvalue weighted by Gasteiger charge is -2.14. The Morgan fingerprint density at radius 1 is 0.182 bits per heavy atom. The second kappa shape index (κ2) is 16.7. The molecular weight excluding hydrogens is 799 g/mol. The van der Waals surface area contributed by atoms with Crippen LogP contribution >= 0.6 is 0 Å². The molecule has 0 unspecified atom stereocenters. The average molecular weight is 840 g/mol. The van der Waals surface area contributed by atoms with Crippen LogP contribution in [0.1, 0.15) is 0 Å². The fourth-order valence-electron chi connectivity index (χ4n) is 9.46. The van der Waals surface area contributed by atoms with Crippen molar-refractivity contribution < 1.29 is 0 Å². The molecule has 0 spiro atoms. The van der Waals surface area contributed by atoms with Gasteiger partial charge in [0.1, 0.15) is 0 Å². The van der Waals surface area contributed by atoms with Crippen LogP contribution < -0.4 is 0 Å². The predicted molar refractivity (Wildman–Crippen MR) is 276 cm³/mol. The Morgan fingerprint density at radius 3 is 1.20 bits per heavy atom. The van der Waals surface area contributed by atoms with E-state index in [9.17, 15) is 0 Å². The fourth-order valence-corrected chi connectivity index (χ4v) is 9.46. The van der Waals surface area contributed by atoms with Crippen LogP contribution in [-0.2, 0) is 0 Å². The second-order valence-electron chi connectivity index (χ2n) is 16.8. The van der Waals surface area contributed by atoms with E-state index in [4.69, 9.17) is 15.0 Å². The highest BCUT2D eigenvalue weighted by atomic mass is 15.0. The largest absolute Gasteiger partial charge is 0.208 e. The van der Waals surface area contributed by atoms with Crippen LogP contribution in [0.2, 0.25) is 0 Å². The van der Waals surface area contributed by atoms with Crippen molar-refractivity contribution in [1.29, 1.82) is 0 Å². The average Bonchev–Trinajstić information content (AvgIpc) is 3.40. The molecule has 0 saturated heterocycles. The predicted octanol–water partition coefficient (Wildman–Crippen LogP) is 16.7. The molecule has 12 rings (SSSR count). The highest BCUT2D eigenvalue weighted by Gasteiger charge is 2.17. The number of nitrogens with zero attached hydrogens (tertiary/aromatic N) is 3. The van der Waals surface area contributed by atoms with Crippen molar-refractivity contribution in [3.05, 3.63) is 249 Å². The number of benzene rings is 11. The Morgan fingerprint density at radius 2 is 0.561 bits per heavy atom. The van der Waals surface area contributed by atoms with Crippen LogP contribution in [0.15, 0.2) is 249 Å². The summed E-state index contributed by atoms with van der Waals surface area (Å²) in [6.07, 6.45) is 0. The van der Waals surface area contributed by atoms with Gasteiger partial charge in [-0.3, -0.25) is 0 Å². The summed E-state index contributed by atoms with van der Waals surface area (Å²) in [5.41, 5.74) is 14.4. The van der Waals surface area contributed by atoms with E-state index in [-0.39, 0.29) is 0 Å². The molecular formula is C63H41N3. The number of fused-ring (bicyclic) bond motifs is 3. The number of hydrogen-bond donors (Lipinski definition) is 0. The molecule has 1 heterocycles. The quantitative estimate of drug-likeness (QED) is 0.153. The van der Waals surface area contributed by atoms with Crippen molar-refractivity contribution in [2.75, 3.05) is 0 Å². The van der Waals surface area contributed by atoms with Gasteiger partial charge in [0.15, 0.2) is 17.5 Å². The molecule has 1 aromatic heterocycles. The zero-order valence-electron chi connectivity index (χ0n) is 36.0. The maximum absolute atomic E-state index is 5.25. The summed E-state index contributed by atoms with van der Waals surface area (Å²) in [6.45, 7) is 0. The summed E-state index contributed by atoms with van der Waals surface area (Å²) in [5.74, 6) is 1.85. The molecule has 0 N–H and O–H groups in total. The van der Waals surface area contributed by atoms with Gasteiger partial charge in [-0.1, -0.05) is 231 Å². The monoisotopic (exact) mass is 839 g/mol. The molecule has 12 aromatic rings. The van der Waals surface area contributed by atoms with E-state index in [1.54, 1.807) is 0 Å². The van der Waals surface area contributed by atoms with E-state index in [1.165, 1.54) is 65.7 Å². The first-order valence-electron chi connectivity index (χ1n) is 22.4. The van der Waals surface area contributed by atoms with E-state index < -0.39 is 0 Å². The normalized spacial score (nSPS) is 11.3. The van der Waals surface area contributed by atoms with E-state index in [0.29, 0.717) is 17.5 Å². The first kappa shape index (κ1) is 38.9. The molecule has 0 amide bonds. The minimum Gasteiger partial charge on any atom is -0.208 e. The standard InChI is InChI=1S/C63H41N3/c1-3-15-42(16-4-1)47-35-36-57-48(39-47)23-14-29-54(57)45-31-33-46(34-32-45)61-64-62(51-24-11-21-49(40-51)55-30-13-20-44-19-7-8-26-53(44)55)66-63(65-61)52-25-12-22-50(41-52)58-38-37-56(43-17-5-2-6-18-43)59-27-9-10-28-60(58)59/h1-41H. The zero-order valence-corrected chi connectivity index (χ0v) is 36.0.